The molecule has 13 nitrogen and oxygen atoms in total. The number of nitrogens with zero attached hydrogens (tertiary/aromatic N) is 6. The van der Waals surface area contributed by atoms with Gasteiger partial charge in [-0.2, -0.15) is 0 Å². The molecule has 4 heterocycles. The number of rotatable bonds is 12. The van der Waals surface area contributed by atoms with Crippen molar-refractivity contribution in [3.63, 3.8) is 0 Å². The van der Waals surface area contributed by atoms with Crippen LogP contribution in [0.2, 0.25) is 0 Å². The van der Waals surface area contributed by atoms with Crippen molar-refractivity contribution >= 4 is 40.0 Å². The van der Waals surface area contributed by atoms with Gasteiger partial charge in [0.15, 0.2) is 0 Å². The number of aliphatic hydroxyl groups excluding tert-OH is 1. The number of piperidine rings is 1. The molecule has 286 valence electrons. The molecular formula is C37H47F3N8O5. The Hall–Kier alpha value is -4.70. The maximum Gasteiger partial charge on any atom is 0.573 e. The number of piperazine rings is 1. The second kappa shape index (κ2) is 17.0. The molecule has 1 atom stereocenters. The average Bonchev–Trinajstić information content (AvgIpc) is 3.59. The van der Waals surface area contributed by atoms with Crippen molar-refractivity contribution in [1.82, 2.24) is 30.0 Å². The number of nitrogen functional groups attached to an aromatic ring is 1. The fourth-order valence-corrected chi connectivity index (χ4v) is 7.42. The minimum Gasteiger partial charge on any atom is -0.406 e. The van der Waals surface area contributed by atoms with Gasteiger partial charge in [0.2, 0.25) is 11.8 Å². The summed E-state index contributed by atoms with van der Waals surface area (Å²) in [6.45, 7) is 6.42. The van der Waals surface area contributed by atoms with Gasteiger partial charge in [0, 0.05) is 87.5 Å². The molecule has 0 saturated carbocycles. The van der Waals surface area contributed by atoms with Gasteiger partial charge in [0.05, 0.1) is 29.4 Å². The number of fused-ring (bicyclic) bond motifs is 1. The lowest BCUT2D eigenvalue weighted by atomic mass is 9.90. The minimum absolute atomic E-state index is 0.0154. The summed E-state index contributed by atoms with van der Waals surface area (Å²) in [6.07, 6.45) is 1.33. The third-order valence-electron chi connectivity index (χ3n) is 10.4. The SMILES string of the molecule is Nc1cc(OC(F)(F)F)ccc1C(=O)N1CCC(c2ncnc3cc(N4CCN(CCCCCC(=O)NCC(=O)N5CCC(O)C5)CC4)ccc23)CC1. The van der Waals surface area contributed by atoms with E-state index in [2.05, 4.69) is 48.0 Å². The number of unbranched alkanes of at least 4 members (excludes halogenated alkanes) is 2. The number of alkyl halides is 3. The molecule has 0 radical (unpaired) electrons. The number of amides is 3. The van der Waals surface area contributed by atoms with E-state index in [9.17, 15) is 32.7 Å². The Kier molecular flexibility index (Phi) is 12.2. The average molecular weight is 741 g/mol. The van der Waals surface area contributed by atoms with Crippen molar-refractivity contribution < 1.29 is 37.4 Å². The van der Waals surface area contributed by atoms with Crippen molar-refractivity contribution in [2.24, 2.45) is 0 Å². The molecule has 0 aliphatic carbocycles. The second-order valence-corrected chi connectivity index (χ2v) is 14.0. The maximum atomic E-state index is 13.2. The summed E-state index contributed by atoms with van der Waals surface area (Å²) in [5.74, 6) is -0.945. The lowest BCUT2D eigenvalue weighted by molar-refractivity contribution is -0.274. The molecule has 3 amide bonds. The van der Waals surface area contributed by atoms with E-state index in [-0.39, 0.29) is 41.4 Å². The fraction of sp³-hybridized carbons (Fsp3) is 0.541. The molecule has 1 aromatic heterocycles. The highest BCUT2D eigenvalue weighted by atomic mass is 19.4. The van der Waals surface area contributed by atoms with Crippen molar-refractivity contribution in [3.8, 4) is 5.75 Å². The van der Waals surface area contributed by atoms with Gasteiger partial charge in [-0.15, -0.1) is 13.2 Å². The molecule has 3 fully saturated rings. The van der Waals surface area contributed by atoms with Gasteiger partial charge in [-0.3, -0.25) is 19.3 Å². The van der Waals surface area contributed by atoms with E-state index in [0.29, 0.717) is 51.9 Å². The summed E-state index contributed by atoms with van der Waals surface area (Å²) in [5.41, 5.74) is 8.92. The van der Waals surface area contributed by atoms with E-state index in [0.717, 1.165) is 86.4 Å². The lowest BCUT2D eigenvalue weighted by Crippen LogP contribution is -2.46. The summed E-state index contributed by atoms with van der Waals surface area (Å²) in [4.78, 5) is 54.8. The van der Waals surface area contributed by atoms with Gasteiger partial charge in [0.1, 0.15) is 12.1 Å². The molecule has 53 heavy (non-hydrogen) atoms. The number of carbonyl (C=O) groups excluding carboxylic acids is 3. The van der Waals surface area contributed by atoms with Crippen LogP contribution in [0.25, 0.3) is 10.9 Å². The van der Waals surface area contributed by atoms with Gasteiger partial charge in [-0.05, 0) is 69.0 Å². The third-order valence-corrected chi connectivity index (χ3v) is 10.4. The molecule has 1 unspecified atom stereocenters. The molecule has 6 rings (SSSR count). The van der Waals surface area contributed by atoms with E-state index in [1.165, 1.54) is 6.07 Å². The third kappa shape index (κ3) is 10.0. The molecule has 0 bridgehead atoms. The monoisotopic (exact) mass is 740 g/mol. The number of nitrogens with two attached hydrogens (primary N) is 1. The summed E-state index contributed by atoms with van der Waals surface area (Å²) < 4.78 is 41.6. The maximum absolute atomic E-state index is 13.2. The highest BCUT2D eigenvalue weighted by Gasteiger charge is 2.32. The zero-order valence-corrected chi connectivity index (χ0v) is 29.7. The van der Waals surface area contributed by atoms with Crippen molar-refractivity contribution in [3.05, 3.63) is 54.0 Å². The highest BCUT2D eigenvalue weighted by Crippen LogP contribution is 2.34. The Bertz CT molecular complexity index is 1760. The molecule has 16 heteroatoms. The van der Waals surface area contributed by atoms with Crippen LogP contribution in [0.1, 0.15) is 66.9 Å². The van der Waals surface area contributed by atoms with Gasteiger partial charge >= 0.3 is 6.36 Å². The zero-order valence-electron chi connectivity index (χ0n) is 29.7. The number of hydrogen-bond acceptors (Lipinski definition) is 10. The minimum atomic E-state index is -4.85. The Morgan fingerprint density at radius 2 is 1.66 bits per heavy atom. The van der Waals surface area contributed by atoms with Crippen LogP contribution in [0.4, 0.5) is 24.5 Å². The van der Waals surface area contributed by atoms with Gasteiger partial charge < -0.3 is 35.6 Å². The summed E-state index contributed by atoms with van der Waals surface area (Å²) in [7, 11) is 0. The quantitative estimate of drug-likeness (QED) is 0.186. The number of hydrogen-bond donors (Lipinski definition) is 3. The van der Waals surface area contributed by atoms with Crippen LogP contribution in [0.5, 0.6) is 5.75 Å². The molecule has 3 saturated heterocycles. The Morgan fingerprint density at radius 3 is 2.36 bits per heavy atom. The standard InChI is InChI=1S/C37H47F3N8O5/c38-37(39,40)53-28-6-8-29(31(41)21-28)36(52)47-13-9-25(10-14-47)35-30-7-5-26(20-32(30)43-24-44-35)46-18-16-45(17-19-46)12-3-1-2-4-33(50)42-22-34(51)48-15-11-27(49)23-48/h5-8,20-21,24-25,27,49H,1-4,9-19,22-23,41H2,(H,42,50). The Balaban J connectivity index is 0.920. The van der Waals surface area contributed by atoms with Crippen LogP contribution in [-0.4, -0.2) is 125 Å². The molecule has 0 spiro atoms. The first kappa shape index (κ1) is 38.0. The first-order valence-electron chi connectivity index (χ1n) is 18.3. The molecular weight excluding hydrogens is 693 g/mol. The van der Waals surface area contributed by atoms with Crippen molar-refractivity contribution in [2.45, 2.75) is 63.3 Å². The Morgan fingerprint density at radius 1 is 0.906 bits per heavy atom. The molecule has 4 N–H and O–H groups in total. The summed E-state index contributed by atoms with van der Waals surface area (Å²) in [5, 5.41) is 13.3. The lowest BCUT2D eigenvalue weighted by Gasteiger charge is -2.36. The number of ether oxygens (including phenoxy) is 1. The van der Waals surface area contributed by atoms with Crippen LogP contribution in [0, 0.1) is 0 Å². The van der Waals surface area contributed by atoms with Crippen molar-refractivity contribution in [2.75, 3.05) is 76.1 Å². The van der Waals surface area contributed by atoms with Crippen LogP contribution in [-0.2, 0) is 9.59 Å². The van der Waals surface area contributed by atoms with E-state index in [4.69, 9.17) is 5.73 Å². The number of halogens is 3. The largest absolute Gasteiger partial charge is 0.573 e. The summed E-state index contributed by atoms with van der Waals surface area (Å²) in [6, 6.07) is 9.68. The predicted octanol–water partition coefficient (Wildman–Crippen LogP) is 3.52. The van der Waals surface area contributed by atoms with Gasteiger partial charge in [0.25, 0.3) is 5.91 Å². The predicted molar refractivity (Wildman–Crippen MR) is 192 cm³/mol. The van der Waals surface area contributed by atoms with Crippen LogP contribution < -0.4 is 20.7 Å². The van der Waals surface area contributed by atoms with E-state index < -0.39 is 18.2 Å². The van der Waals surface area contributed by atoms with Crippen LogP contribution >= 0.6 is 0 Å². The van der Waals surface area contributed by atoms with Crippen LogP contribution in [0.3, 0.4) is 0 Å². The van der Waals surface area contributed by atoms with Crippen molar-refractivity contribution in [1.29, 1.82) is 0 Å². The first-order chi connectivity index (χ1) is 25.4. The fourth-order valence-electron chi connectivity index (χ4n) is 7.42. The van der Waals surface area contributed by atoms with E-state index in [1.807, 2.05) is 0 Å². The molecule has 3 aliphatic heterocycles. The van der Waals surface area contributed by atoms with Crippen LogP contribution in [0.15, 0.2) is 42.7 Å². The number of carbonyl (C=O) groups is 3. The Labute approximate surface area is 306 Å². The molecule has 2 aromatic carbocycles. The molecule has 3 aliphatic rings. The summed E-state index contributed by atoms with van der Waals surface area (Å²) >= 11 is 0. The second-order valence-electron chi connectivity index (χ2n) is 14.0. The number of β-amino-alcohol motifs (C(OH)–C–C–N with tert-alkyl or cyclic N) is 1. The topological polar surface area (TPSA) is 157 Å². The number of aromatic nitrogens is 2. The number of benzene rings is 2. The highest BCUT2D eigenvalue weighted by molar-refractivity contribution is 5.99. The normalized spacial score (nSPS) is 18.8. The zero-order chi connectivity index (χ0) is 37.5. The number of aliphatic hydroxyl groups is 1. The first-order valence-corrected chi connectivity index (χ1v) is 18.3. The molecule has 3 aromatic rings. The smallest absolute Gasteiger partial charge is 0.406 e. The van der Waals surface area contributed by atoms with Gasteiger partial charge in [-0.25, -0.2) is 9.97 Å². The number of anilines is 2. The van der Waals surface area contributed by atoms with Gasteiger partial charge in [-0.1, -0.05) is 6.42 Å². The number of nitrogens with one attached hydrogen (secondary N) is 1. The van der Waals surface area contributed by atoms with E-state index in [1.54, 1.807) is 16.1 Å². The van der Waals surface area contributed by atoms with E-state index >= 15 is 0 Å². The number of likely N-dealkylation sites (tertiary alicyclic amines) is 2.